The smallest absolute Gasteiger partial charge is 0.354 e. The van der Waals surface area contributed by atoms with Gasteiger partial charge in [-0.15, -0.1) is 0 Å². The number of imidazole rings is 1. The monoisotopic (exact) mass is 354 g/mol. The average molecular weight is 355 g/mol. The third-order valence-corrected chi connectivity index (χ3v) is 3.17. The Balaban J connectivity index is 2.31. The van der Waals surface area contributed by atoms with Crippen molar-refractivity contribution >= 4 is 39.2 Å². The van der Waals surface area contributed by atoms with Crippen LogP contribution in [0.4, 0.5) is 11.4 Å². The van der Waals surface area contributed by atoms with Gasteiger partial charge in [0.25, 0.3) is 11.6 Å². The van der Waals surface area contributed by atoms with E-state index in [0.29, 0.717) is 4.47 Å². The van der Waals surface area contributed by atoms with Gasteiger partial charge in [-0.3, -0.25) is 14.9 Å². The number of aromatic nitrogens is 2. The van der Waals surface area contributed by atoms with E-state index in [1.165, 1.54) is 12.1 Å². The number of carbonyl (C=O) groups is 2. The van der Waals surface area contributed by atoms with Gasteiger partial charge in [0.15, 0.2) is 11.4 Å². The maximum atomic E-state index is 12.0. The zero-order valence-electron chi connectivity index (χ0n) is 10.2. The van der Waals surface area contributed by atoms with Crippen molar-refractivity contribution in [1.29, 1.82) is 0 Å². The number of rotatable bonds is 4. The zero-order valence-corrected chi connectivity index (χ0v) is 11.7. The molecule has 0 spiro atoms. The number of nitrogens with one attached hydrogen (secondary N) is 2. The summed E-state index contributed by atoms with van der Waals surface area (Å²) < 4.78 is 0.411. The molecule has 0 aliphatic carbocycles. The Morgan fingerprint density at radius 1 is 1.43 bits per heavy atom. The Labute approximate surface area is 125 Å². The van der Waals surface area contributed by atoms with Gasteiger partial charge in [-0.2, -0.15) is 0 Å². The molecule has 1 aromatic carbocycles. The number of aromatic amines is 1. The molecule has 10 heteroatoms. The van der Waals surface area contributed by atoms with E-state index in [4.69, 9.17) is 5.11 Å². The van der Waals surface area contributed by atoms with E-state index >= 15 is 0 Å². The first-order valence-corrected chi connectivity index (χ1v) is 6.21. The van der Waals surface area contributed by atoms with Crippen molar-refractivity contribution in [2.45, 2.75) is 0 Å². The largest absolute Gasteiger partial charge is 0.477 e. The van der Waals surface area contributed by atoms with Gasteiger partial charge in [0.2, 0.25) is 0 Å². The lowest BCUT2D eigenvalue weighted by Gasteiger charge is -2.06. The number of nitrogens with zero attached hydrogens (tertiary/aromatic N) is 2. The van der Waals surface area contributed by atoms with Crippen LogP contribution >= 0.6 is 15.9 Å². The molecule has 0 aliphatic rings. The molecule has 0 fully saturated rings. The molecule has 9 nitrogen and oxygen atoms in total. The highest BCUT2D eigenvalue weighted by Gasteiger charge is 2.21. The van der Waals surface area contributed by atoms with Gasteiger partial charge < -0.3 is 15.4 Å². The molecular formula is C11H7BrN4O5. The number of nitro benzene ring substituents is 1. The summed E-state index contributed by atoms with van der Waals surface area (Å²) in [6, 6.07) is 3.81. The minimum absolute atomic E-state index is 0.133. The topological polar surface area (TPSA) is 138 Å². The SMILES string of the molecule is O=C(Nc1cc([N+](=O)[O-])ccc1Br)c1nc[nH]c1C(=O)O. The van der Waals surface area contributed by atoms with E-state index in [-0.39, 0.29) is 22.8 Å². The minimum atomic E-state index is -1.34. The van der Waals surface area contributed by atoms with E-state index < -0.39 is 16.8 Å². The second-order valence-corrected chi connectivity index (χ2v) is 4.66. The van der Waals surface area contributed by atoms with Gasteiger partial charge in [-0.25, -0.2) is 9.78 Å². The summed E-state index contributed by atoms with van der Waals surface area (Å²) in [5.41, 5.74) is -0.766. The van der Waals surface area contributed by atoms with Crippen LogP contribution in [0.1, 0.15) is 21.0 Å². The lowest BCUT2D eigenvalue weighted by Crippen LogP contribution is -2.17. The van der Waals surface area contributed by atoms with E-state index in [2.05, 4.69) is 31.2 Å². The van der Waals surface area contributed by atoms with Crippen molar-refractivity contribution < 1.29 is 19.6 Å². The van der Waals surface area contributed by atoms with Gasteiger partial charge in [-0.05, 0) is 22.0 Å². The van der Waals surface area contributed by atoms with Crippen molar-refractivity contribution in [1.82, 2.24) is 9.97 Å². The van der Waals surface area contributed by atoms with Crippen molar-refractivity contribution in [3.63, 3.8) is 0 Å². The van der Waals surface area contributed by atoms with Crippen LogP contribution in [0.5, 0.6) is 0 Å². The number of nitro groups is 1. The first-order chi connectivity index (χ1) is 9.90. The number of hydrogen-bond acceptors (Lipinski definition) is 5. The number of halogens is 1. The van der Waals surface area contributed by atoms with Crippen molar-refractivity contribution in [3.8, 4) is 0 Å². The van der Waals surface area contributed by atoms with Crippen LogP contribution in [0.25, 0.3) is 0 Å². The summed E-state index contributed by atoms with van der Waals surface area (Å²) >= 11 is 3.14. The number of carboxylic acid groups (broad SMARTS) is 1. The number of amides is 1. The molecule has 0 radical (unpaired) electrons. The summed E-state index contributed by atoms with van der Waals surface area (Å²) in [6.45, 7) is 0. The Morgan fingerprint density at radius 3 is 2.76 bits per heavy atom. The van der Waals surface area contributed by atoms with Gasteiger partial charge >= 0.3 is 5.97 Å². The number of hydrogen-bond donors (Lipinski definition) is 3. The molecule has 1 aromatic heterocycles. The zero-order chi connectivity index (χ0) is 15.6. The number of H-pyrrole nitrogens is 1. The van der Waals surface area contributed by atoms with Crippen LogP contribution in [0, 0.1) is 10.1 Å². The van der Waals surface area contributed by atoms with Crippen molar-refractivity contribution in [3.05, 3.63) is 50.5 Å². The maximum absolute atomic E-state index is 12.0. The second kappa shape index (κ2) is 5.71. The molecule has 3 N–H and O–H groups in total. The summed E-state index contributed by atoms with van der Waals surface area (Å²) in [5, 5.41) is 22.0. The van der Waals surface area contributed by atoms with Gasteiger partial charge in [0.1, 0.15) is 0 Å². The van der Waals surface area contributed by atoms with Gasteiger partial charge in [0.05, 0.1) is 16.9 Å². The number of anilines is 1. The molecule has 0 aliphatic heterocycles. The molecular weight excluding hydrogens is 348 g/mol. The van der Waals surface area contributed by atoms with Crippen LogP contribution in [0.2, 0.25) is 0 Å². The molecule has 0 saturated carbocycles. The van der Waals surface area contributed by atoms with Crippen LogP contribution in [-0.2, 0) is 0 Å². The van der Waals surface area contributed by atoms with Crippen molar-refractivity contribution in [2.75, 3.05) is 5.32 Å². The summed E-state index contributed by atoms with van der Waals surface area (Å²) in [5.74, 6) is -2.13. The van der Waals surface area contributed by atoms with E-state index in [1.54, 1.807) is 0 Å². The van der Waals surface area contributed by atoms with Crippen LogP contribution < -0.4 is 5.32 Å². The molecule has 1 heterocycles. The third kappa shape index (κ3) is 3.05. The highest BCUT2D eigenvalue weighted by atomic mass is 79.9. The van der Waals surface area contributed by atoms with Crippen LogP contribution in [0.3, 0.4) is 0 Å². The predicted octanol–water partition coefficient (Wildman–Crippen LogP) is 2.03. The Morgan fingerprint density at radius 2 is 2.14 bits per heavy atom. The Kier molecular flexibility index (Phi) is 3.98. The first kappa shape index (κ1) is 14.7. The van der Waals surface area contributed by atoms with Crippen LogP contribution in [0.15, 0.2) is 29.0 Å². The summed E-state index contributed by atoms with van der Waals surface area (Å²) in [6.07, 6.45) is 1.07. The third-order valence-electron chi connectivity index (χ3n) is 2.48. The molecule has 108 valence electrons. The molecule has 21 heavy (non-hydrogen) atoms. The fraction of sp³-hybridized carbons (Fsp3) is 0. The maximum Gasteiger partial charge on any atom is 0.354 e. The highest BCUT2D eigenvalue weighted by molar-refractivity contribution is 9.10. The quantitative estimate of drug-likeness (QED) is 0.567. The lowest BCUT2D eigenvalue weighted by atomic mass is 10.2. The fourth-order valence-corrected chi connectivity index (χ4v) is 1.88. The van der Waals surface area contributed by atoms with E-state index in [9.17, 15) is 19.7 Å². The van der Waals surface area contributed by atoms with Gasteiger partial charge in [0, 0.05) is 16.6 Å². The molecule has 0 unspecified atom stereocenters. The number of benzene rings is 1. The molecule has 0 saturated heterocycles. The average Bonchev–Trinajstić information content (AvgIpc) is 2.90. The minimum Gasteiger partial charge on any atom is -0.477 e. The number of carbonyl (C=O) groups excluding carboxylic acids is 1. The predicted molar refractivity (Wildman–Crippen MR) is 74.3 cm³/mol. The molecule has 0 bridgehead atoms. The normalized spacial score (nSPS) is 10.1. The molecule has 2 rings (SSSR count). The molecule has 1 amide bonds. The van der Waals surface area contributed by atoms with Crippen LogP contribution in [-0.4, -0.2) is 31.9 Å². The number of non-ortho nitro benzene ring substituents is 1. The number of aromatic carboxylic acids is 1. The highest BCUT2D eigenvalue weighted by Crippen LogP contribution is 2.27. The Bertz CT molecular complexity index is 742. The standard InChI is InChI=1S/C11H7BrN4O5/c12-6-2-1-5(16(20)21)3-7(6)15-10(17)8-9(11(18)19)14-4-13-8/h1-4H,(H,13,14)(H,15,17)(H,18,19). The van der Waals surface area contributed by atoms with E-state index in [1.807, 2.05) is 0 Å². The molecule has 0 atom stereocenters. The van der Waals surface area contributed by atoms with Crippen molar-refractivity contribution in [2.24, 2.45) is 0 Å². The number of carboxylic acids is 1. The van der Waals surface area contributed by atoms with E-state index in [0.717, 1.165) is 12.4 Å². The second-order valence-electron chi connectivity index (χ2n) is 3.81. The fourth-order valence-electron chi connectivity index (χ4n) is 1.53. The first-order valence-electron chi connectivity index (χ1n) is 5.42. The Hall–Kier alpha value is -2.75. The lowest BCUT2D eigenvalue weighted by molar-refractivity contribution is -0.384. The summed E-state index contributed by atoms with van der Waals surface area (Å²) in [7, 11) is 0. The molecule has 2 aromatic rings. The summed E-state index contributed by atoms with van der Waals surface area (Å²) in [4.78, 5) is 38.9. The van der Waals surface area contributed by atoms with Gasteiger partial charge in [-0.1, -0.05) is 0 Å².